The fourth-order valence-corrected chi connectivity index (χ4v) is 4.60. The zero-order valence-electron chi connectivity index (χ0n) is 17.5. The molecule has 0 bridgehead atoms. The Morgan fingerprint density at radius 3 is 2.23 bits per heavy atom. The van der Waals surface area contributed by atoms with Gasteiger partial charge in [0, 0.05) is 37.8 Å². The lowest BCUT2D eigenvalue weighted by Crippen LogP contribution is -2.47. The average Bonchev–Trinajstić information content (AvgIpc) is 3.47. The van der Waals surface area contributed by atoms with Crippen LogP contribution in [0.4, 0.5) is 10.7 Å². The summed E-state index contributed by atoms with van der Waals surface area (Å²) in [7, 11) is 0. The Morgan fingerprint density at radius 2 is 1.48 bits per heavy atom. The van der Waals surface area contributed by atoms with Crippen molar-refractivity contribution in [2.24, 2.45) is 5.92 Å². The number of imidazole rings is 1. The number of piperidine rings is 1. The van der Waals surface area contributed by atoms with E-state index in [1.54, 1.807) is 0 Å². The van der Waals surface area contributed by atoms with Gasteiger partial charge in [-0.2, -0.15) is 0 Å². The molecule has 160 valence electrons. The number of nitrogens with zero attached hydrogens (tertiary/aromatic N) is 4. The number of anilines is 1. The Labute approximate surface area is 181 Å². The van der Waals surface area contributed by atoms with Gasteiger partial charge in [-0.25, -0.2) is 9.78 Å². The molecule has 31 heavy (non-hydrogen) atoms. The zero-order valence-corrected chi connectivity index (χ0v) is 17.5. The Morgan fingerprint density at radius 1 is 0.839 bits per heavy atom. The van der Waals surface area contributed by atoms with Crippen molar-refractivity contribution in [1.82, 2.24) is 19.4 Å². The SMILES string of the molecule is O=C(Nc1nc2ccccc2n1-c1ccccc1)C1CCN(C(=O)N2CCCC2)CC1. The number of urea groups is 1. The van der Waals surface area contributed by atoms with Crippen LogP contribution in [-0.2, 0) is 4.79 Å². The van der Waals surface area contributed by atoms with Crippen LogP contribution in [0.5, 0.6) is 0 Å². The molecule has 0 atom stereocenters. The summed E-state index contributed by atoms with van der Waals surface area (Å²) in [6, 6.07) is 17.9. The number of carbonyl (C=O) groups excluding carboxylic acids is 2. The van der Waals surface area contributed by atoms with E-state index >= 15 is 0 Å². The molecule has 3 heterocycles. The first kappa shape index (κ1) is 19.6. The fourth-order valence-electron chi connectivity index (χ4n) is 4.60. The van der Waals surface area contributed by atoms with Crippen molar-refractivity contribution >= 4 is 28.9 Å². The summed E-state index contributed by atoms with van der Waals surface area (Å²) in [5, 5.41) is 3.07. The smallest absolute Gasteiger partial charge is 0.319 e. The van der Waals surface area contributed by atoms with E-state index in [-0.39, 0.29) is 17.9 Å². The van der Waals surface area contributed by atoms with Gasteiger partial charge in [0.25, 0.3) is 0 Å². The number of hydrogen-bond donors (Lipinski definition) is 1. The van der Waals surface area contributed by atoms with Crippen molar-refractivity contribution in [3.05, 3.63) is 54.6 Å². The minimum Gasteiger partial charge on any atom is -0.325 e. The third-order valence-electron chi connectivity index (χ3n) is 6.32. The van der Waals surface area contributed by atoms with Crippen LogP contribution in [0.1, 0.15) is 25.7 Å². The highest BCUT2D eigenvalue weighted by Gasteiger charge is 2.31. The molecule has 0 unspecified atom stereocenters. The molecule has 0 saturated carbocycles. The van der Waals surface area contributed by atoms with Gasteiger partial charge in [-0.1, -0.05) is 30.3 Å². The quantitative estimate of drug-likeness (QED) is 0.703. The van der Waals surface area contributed by atoms with Crippen LogP contribution in [0.15, 0.2) is 54.6 Å². The molecule has 5 rings (SSSR count). The molecule has 2 aliphatic rings. The Balaban J connectivity index is 1.31. The third kappa shape index (κ3) is 3.87. The molecule has 2 aromatic carbocycles. The zero-order chi connectivity index (χ0) is 21.2. The van der Waals surface area contributed by atoms with E-state index in [1.165, 1.54) is 0 Å². The number of benzene rings is 2. The number of hydrogen-bond acceptors (Lipinski definition) is 3. The van der Waals surface area contributed by atoms with Crippen LogP contribution in [0.2, 0.25) is 0 Å². The number of amides is 3. The van der Waals surface area contributed by atoms with Gasteiger partial charge < -0.3 is 9.80 Å². The Bertz CT molecular complexity index is 1080. The van der Waals surface area contributed by atoms with Crippen molar-refractivity contribution in [3.63, 3.8) is 0 Å². The van der Waals surface area contributed by atoms with Gasteiger partial charge in [-0.05, 0) is 49.9 Å². The first-order chi connectivity index (χ1) is 15.2. The van der Waals surface area contributed by atoms with Crippen molar-refractivity contribution in [2.75, 3.05) is 31.5 Å². The highest BCUT2D eigenvalue weighted by Crippen LogP contribution is 2.26. The van der Waals surface area contributed by atoms with Crippen LogP contribution in [-0.4, -0.2) is 57.5 Å². The van der Waals surface area contributed by atoms with Crippen LogP contribution in [0.25, 0.3) is 16.7 Å². The molecular formula is C24H27N5O2. The van der Waals surface area contributed by atoms with E-state index in [0.717, 1.165) is 42.7 Å². The minimum atomic E-state index is -0.119. The maximum atomic E-state index is 13.1. The first-order valence-corrected chi connectivity index (χ1v) is 11.1. The van der Waals surface area contributed by atoms with E-state index in [4.69, 9.17) is 0 Å². The summed E-state index contributed by atoms with van der Waals surface area (Å²) in [6.07, 6.45) is 3.54. The summed E-state index contributed by atoms with van der Waals surface area (Å²) in [4.78, 5) is 34.2. The van der Waals surface area contributed by atoms with Gasteiger partial charge in [0.2, 0.25) is 11.9 Å². The number of aromatic nitrogens is 2. The first-order valence-electron chi connectivity index (χ1n) is 11.1. The number of fused-ring (bicyclic) bond motifs is 1. The van der Waals surface area contributed by atoms with Crippen molar-refractivity contribution in [2.45, 2.75) is 25.7 Å². The lowest BCUT2D eigenvalue weighted by Gasteiger charge is -2.34. The van der Waals surface area contributed by atoms with Crippen LogP contribution >= 0.6 is 0 Å². The van der Waals surface area contributed by atoms with Gasteiger partial charge >= 0.3 is 6.03 Å². The molecule has 0 aliphatic carbocycles. The maximum absolute atomic E-state index is 13.1. The van der Waals surface area contributed by atoms with Gasteiger partial charge in [0.1, 0.15) is 0 Å². The average molecular weight is 418 g/mol. The topological polar surface area (TPSA) is 70.5 Å². The number of para-hydroxylation sites is 3. The normalized spacial score (nSPS) is 17.3. The maximum Gasteiger partial charge on any atom is 0.319 e. The second kappa shape index (κ2) is 8.41. The largest absolute Gasteiger partial charge is 0.325 e. The van der Waals surface area contributed by atoms with Crippen LogP contribution < -0.4 is 5.32 Å². The molecule has 3 amide bonds. The monoisotopic (exact) mass is 417 g/mol. The molecule has 2 saturated heterocycles. The predicted octanol–water partition coefficient (Wildman–Crippen LogP) is 3.89. The van der Waals surface area contributed by atoms with Crippen molar-refractivity contribution in [3.8, 4) is 5.69 Å². The molecule has 7 nitrogen and oxygen atoms in total. The number of likely N-dealkylation sites (tertiary alicyclic amines) is 2. The summed E-state index contributed by atoms with van der Waals surface area (Å²) in [5.41, 5.74) is 2.75. The van der Waals surface area contributed by atoms with E-state index in [9.17, 15) is 9.59 Å². The van der Waals surface area contributed by atoms with Gasteiger partial charge in [-0.15, -0.1) is 0 Å². The van der Waals surface area contributed by atoms with E-state index in [1.807, 2.05) is 69.0 Å². The number of carbonyl (C=O) groups is 2. The summed E-state index contributed by atoms with van der Waals surface area (Å²) < 4.78 is 1.99. The second-order valence-corrected chi connectivity index (χ2v) is 8.32. The second-order valence-electron chi connectivity index (χ2n) is 8.32. The molecule has 3 aromatic rings. The summed E-state index contributed by atoms with van der Waals surface area (Å²) in [5.74, 6) is 0.389. The molecule has 1 aromatic heterocycles. The highest BCUT2D eigenvalue weighted by atomic mass is 16.2. The number of rotatable bonds is 3. The van der Waals surface area contributed by atoms with Gasteiger partial charge in [0.05, 0.1) is 11.0 Å². The molecule has 7 heteroatoms. The van der Waals surface area contributed by atoms with E-state index < -0.39 is 0 Å². The van der Waals surface area contributed by atoms with Crippen molar-refractivity contribution < 1.29 is 9.59 Å². The standard InChI is InChI=1S/C24H27N5O2/c30-22(18-12-16-28(17-13-18)24(31)27-14-6-7-15-27)26-23-25-20-10-4-5-11-21(20)29(23)19-8-2-1-3-9-19/h1-5,8-11,18H,6-7,12-17H2,(H,25,26,30). The molecule has 2 aliphatic heterocycles. The molecule has 0 spiro atoms. The Hall–Kier alpha value is -3.35. The lowest BCUT2D eigenvalue weighted by atomic mass is 9.96. The van der Waals surface area contributed by atoms with Crippen LogP contribution in [0.3, 0.4) is 0 Å². The molecule has 1 N–H and O–H groups in total. The van der Waals surface area contributed by atoms with Crippen molar-refractivity contribution in [1.29, 1.82) is 0 Å². The highest BCUT2D eigenvalue weighted by molar-refractivity contribution is 5.94. The molecular weight excluding hydrogens is 390 g/mol. The minimum absolute atomic E-state index is 0.0271. The summed E-state index contributed by atoms with van der Waals surface area (Å²) >= 11 is 0. The van der Waals surface area contributed by atoms with Gasteiger partial charge in [0.15, 0.2) is 0 Å². The van der Waals surface area contributed by atoms with E-state index in [0.29, 0.717) is 31.9 Å². The van der Waals surface area contributed by atoms with Crippen LogP contribution in [0, 0.1) is 5.92 Å². The lowest BCUT2D eigenvalue weighted by molar-refractivity contribution is -0.121. The van der Waals surface area contributed by atoms with E-state index in [2.05, 4.69) is 10.3 Å². The summed E-state index contributed by atoms with van der Waals surface area (Å²) in [6.45, 7) is 2.97. The predicted molar refractivity (Wildman–Crippen MR) is 120 cm³/mol. The molecule has 0 radical (unpaired) electrons. The third-order valence-corrected chi connectivity index (χ3v) is 6.32. The molecule has 2 fully saturated rings. The number of nitrogens with one attached hydrogen (secondary N) is 1. The van der Waals surface area contributed by atoms with Gasteiger partial charge in [-0.3, -0.25) is 14.7 Å². The Kier molecular flexibility index (Phi) is 5.32. The fraction of sp³-hybridized carbons (Fsp3) is 0.375.